The number of carbonyl (C=O) groups is 1. The number of benzene rings is 1. The van der Waals surface area contributed by atoms with Crippen LogP contribution in [-0.4, -0.2) is 37.2 Å². The Morgan fingerprint density at radius 3 is 2.38 bits per heavy atom. The Morgan fingerprint density at radius 2 is 1.76 bits per heavy atom. The molecule has 2 aromatic heterocycles. The first-order valence-electron chi connectivity index (χ1n) is 9.14. The van der Waals surface area contributed by atoms with Gasteiger partial charge in [0.05, 0.1) is 27.2 Å². The number of rotatable bonds is 6. The lowest BCUT2D eigenvalue weighted by Crippen LogP contribution is -2.14. The molecule has 1 atom stereocenters. The van der Waals surface area contributed by atoms with Crippen LogP contribution in [-0.2, 0) is 11.2 Å². The van der Waals surface area contributed by atoms with Crippen molar-refractivity contribution in [2.75, 3.05) is 26.6 Å². The van der Waals surface area contributed by atoms with Crippen LogP contribution in [0.3, 0.4) is 0 Å². The van der Waals surface area contributed by atoms with Crippen LogP contribution in [0.1, 0.15) is 17.0 Å². The predicted octanol–water partition coefficient (Wildman–Crippen LogP) is 3.45. The first-order valence-corrected chi connectivity index (χ1v) is 9.14. The summed E-state index contributed by atoms with van der Waals surface area (Å²) in [6, 6.07) is 9.56. The average Bonchev–Trinajstić information content (AvgIpc) is 3.07. The van der Waals surface area contributed by atoms with Gasteiger partial charge in [0.25, 0.3) is 0 Å². The fraction of sp³-hybridized carbons (Fsp3) is 0.227. The van der Waals surface area contributed by atoms with E-state index in [1.165, 1.54) is 0 Å². The van der Waals surface area contributed by atoms with E-state index in [1.807, 2.05) is 30.3 Å². The summed E-state index contributed by atoms with van der Waals surface area (Å²) in [4.78, 5) is 21.2. The number of pyridine rings is 2. The maximum Gasteiger partial charge on any atom is 0.233 e. The number of nitrogens with one attached hydrogen (secondary N) is 1. The highest BCUT2D eigenvalue weighted by Crippen LogP contribution is 2.42. The van der Waals surface area contributed by atoms with Gasteiger partial charge in [0.1, 0.15) is 5.82 Å². The smallest absolute Gasteiger partial charge is 0.233 e. The number of methoxy groups -OCH3 is 3. The number of nitrogens with zero attached hydrogens (tertiary/aromatic N) is 2. The molecular formula is C22H21N3O4. The van der Waals surface area contributed by atoms with E-state index in [1.54, 1.807) is 39.9 Å². The molecule has 0 bridgehead atoms. The lowest BCUT2D eigenvalue weighted by Gasteiger charge is -2.15. The quantitative estimate of drug-likeness (QED) is 0.693. The molecule has 3 aromatic rings. The lowest BCUT2D eigenvalue weighted by molar-refractivity contribution is -0.117. The van der Waals surface area contributed by atoms with Crippen molar-refractivity contribution >= 4 is 11.7 Å². The number of ether oxygens (including phenoxy) is 3. The SMILES string of the molecule is COc1cc(-c2cnc3c(c2)C(Cc2cccnc2)C(=O)N3)cc(OC)c1OC. The minimum Gasteiger partial charge on any atom is -0.493 e. The number of aromatic nitrogens is 2. The minimum atomic E-state index is -0.316. The summed E-state index contributed by atoms with van der Waals surface area (Å²) >= 11 is 0. The summed E-state index contributed by atoms with van der Waals surface area (Å²) in [5.41, 5.74) is 3.58. The van der Waals surface area contributed by atoms with E-state index in [0.29, 0.717) is 29.5 Å². The number of carbonyl (C=O) groups excluding carboxylic acids is 1. The summed E-state index contributed by atoms with van der Waals surface area (Å²) < 4.78 is 16.3. The summed E-state index contributed by atoms with van der Waals surface area (Å²) in [6.45, 7) is 0. The van der Waals surface area contributed by atoms with Gasteiger partial charge < -0.3 is 19.5 Å². The second-order valence-electron chi connectivity index (χ2n) is 6.68. The summed E-state index contributed by atoms with van der Waals surface area (Å²) in [5, 5.41) is 2.87. The third-order valence-corrected chi connectivity index (χ3v) is 5.01. The van der Waals surface area contributed by atoms with Crippen molar-refractivity contribution in [1.82, 2.24) is 9.97 Å². The maximum absolute atomic E-state index is 12.5. The van der Waals surface area contributed by atoms with Crippen LogP contribution in [0, 0.1) is 0 Å². The normalized spacial score (nSPS) is 14.9. The number of hydrogen-bond donors (Lipinski definition) is 1. The minimum absolute atomic E-state index is 0.0570. The first kappa shape index (κ1) is 18.7. The standard InChI is InChI=1S/C22H21N3O4/c1-27-18-9-14(10-19(28-2)20(18)29-3)15-8-16-17(7-13-5-4-6-23-11-13)22(26)25-21(16)24-12-15/h4-6,8-12,17H,7H2,1-3H3,(H,24,25,26). The molecular weight excluding hydrogens is 370 g/mol. The van der Waals surface area contributed by atoms with Gasteiger partial charge in [-0.05, 0) is 41.8 Å². The monoisotopic (exact) mass is 391 g/mol. The second kappa shape index (κ2) is 7.79. The van der Waals surface area contributed by atoms with E-state index in [-0.39, 0.29) is 11.8 Å². The molecule has 7 heteroatoms. The molecule has 29 heavy (non-hydrogen) atoms. The van der Waals surface area contributed by atoms with Gasteiger partial charge in [-0.3, -0.25) is 9.78 Å². The molecule has 1 N–H and O–H groups in total. The summed E-state index contributed by atoms with van der Waals surface area (Å²) in [7, 11) is 4.72. The number of hydrogen-bond acceptors (Lipinski definition) is 6. The number of fused-ring (bicyclic) bond motifs is 1. The highest BCUT2D eigenvalue weighted by Gasteiger charge is 2.32. The molecule has 1 aromatic carbocycles. The van der Waals surface area contributed by atoms with E-state index in [4.69, 9.17) is 14.2 Å². The van der Waals surface area contributed by atoms with Gasteiger partial charge in [-0.1, -0.05) is 6.07 Å². The van der Waals surface area contributed by atoms with Gasteiger partial charge in [-0.25, -0.2) is 4.98 Å². The van der Waals surface area contributed by atoms with Gasteiger partial charge in [-0.15, -0.1) is 0 Å². The maximum atomic E-state index is 12.5. The van der Waals surface area contributed by atoms with Gasteiger partial charge >= 0.3 is 0 Å². The molecule has 1 amide bonds. The molecule has 3 heterocycles. The molecule has 0 spiro atoms. The van der Waals surface area contributed by atoms with E-state index < -0.39 is 0 Å². The van der Waals surface area contributed by atoms with Crippen molar-refractivity contribution in [3.8, 4) is 28.4 Å². The van der Waals surface area contributed by atoms with Crippen molar-refractivity contribution in [2.45, 2.75) is 12.3 Å². The Hall–Kier alpha value is -3.61. The van der Waals surface area contributed by atoms with Gasteiger partial charge in [0.2, 0.25) is 11.7 Å². The molecule has 1 unspecified atom stereocenters. The molecule has 0 saturated heterocycles. The van der Waals surface area contributed by atoms with Crippen molar-refractivity contribution in [2.24, 2.45) is 0 Å². The summed E-state index contributed by atoms with van der Waals surface area (Å²) in [6.07, 6.45) is 5.79. The second-order valence-corrected chi connectivity index (χ2v) is 6.68. The van der Waals surface area contributed by atoms with E-state index >= 15 is 0 Å². The molecule has 0 fully saturated rings. The first-order chi connectivity index (χ1) is 14.1. The molecule has 4 rings (SSSR count). The van der Waals surface area contributed by atoms with E-state index in [9.17, 15) is 4.79 Å². The van der Waals surface area contributed by atoms with Gasteiger partial charge in [0, 0.05) is 29.7 Å². The number of amides is 1. The predicted molar refractivity (Wildman–Crippen MR) is 109 cm³/mol. The van der Waals surface area contributed by atoms with Crippen molar-refractivity contribution < 1.29 is 19.0 Å². The fourth-order valence-corrected chi connectivity index (χ4v) is 3.56. The van der Waals surface area contributed by atoms with Crippen LogP contribution < -0.4 is 19.5 Å². The molecule has 7 nitrogen and oxygen atoms in total. The Morgan fingerprint density at radius 1 is 1.00 bits per heavy atom. The van der Waals surface area contributed by atoms with Crippen molar-refractivity contribution in [3.05, 3.63) is 60.0 Å². The average molecular weight is 391 g/mol. The van der Waals surface area contributed by atoms with Gasteiger partial charge in [-0.2, -0.15) is 0 Å². The zero-order chi connectivity index (χ0) is 20.4. The molecule has 148 valence electrons. The zero-order valence-electron chi connectivity index (χ0n) is 16.4. The van der Waals surface area contributed by atoms with Crippen LogP contribution in [0.15, 0.2) is 48.9 Å². The Bertz CT molecular complexity index is 1030. The van der Waals surface area contributed by atoms with Crippen LogP contribution in [0.4, 0.5) is 5.82 Å². The lowest BCUT2D eigenvalue weighted by atomic mass is 9.93. The van der Waals surface area contributed by atoms with Gasteiger partial charge in [0.15, 0.2) is 11.5 Å². The topological polar surface area (TPSA) is 82.6 Å². The van der Waals surface area contributed by atoms with Crippen LogP contribution in [0.5, 0.6) is 17.2 Å². The van der Waals surface area contributed by atoms with Crippen LogP contribution >= 0.6 is 0 Å². The van der Waals surface area contributed by atoms with Crippen LogP contribution in [0.25, 0.3) is 11.1 Å². The van der Waals surface area contributed by atoms with Crippen LogP contribution in [0.2, 0.25) is 0 Å². The number of anilines is 1. The molecule has 0 aliphatic carbocycles. The molecule has 0 saturated carbocycles. The Labute approximate surface area is 168 Å². The fourth-order valence-electron chi connectivity index (χ4n) is 3.56. The Kier molecular flexibility index (Phi) is 5.03. The Balaban J connectivity index is 1.74. The van der Waals surface area contributed by atoms with Crippen molar-refractivity contribution in [1.29, 1.82) is 0 Å². The third kappa shape index (κ3) is 3.47. The summed E-state index contributed by atoms with van der Waals surface area (Å²) in [5.74, 6) is 1.87. The molecule has 1 aliphatic rings. The highest BCUT2D eigenvalue weighted by atomic mass is 16.5. The third-order valence-electron chi connectivity index (χ3n) is 5.01. The molecule has 0 radical (unpaired) electrons. The van der Waals surface area contributed by atoms with E-state index in [0.717, 1.165) is 22.3 Å². The zero-order valence-corrected chi connectivity index (χ0v) is 16.4. The molecule has 1 aliphatic heterocycles. The van der Waals surface area contributed by atoms with Crippen molar-refractivity contribution in [3.63, 3.8) is 0 Å². The van der Waals surface area contributed by atoms with E-state index in [2.05, 4.69) is 15.3 Å². The highest BCUT2D eigenvalue weighted by molar-refractivity contribution is 6.02. The largest absolute Gasteiger partial charge is 0.493 e.